The Morgan fingerprint density at radius 3 is 2.43 bits per heavy atom. The van der Waals surface area contributed by atoms with Crippen LogP contribution in [0.2, 0.25) is 0 Å². The van der Waals surface area contributed by atoms with Gasteiger partial charge in [-0.3, -0.25) is 0 Å². The minimum Gasteiger partial charge on any atom is -0.456 e. The summed E-state index contributed by atoms with van der Waals surface area (Å²) in [6.07, 6.45) is 2.03. The van der Waals surface area contributed by atoms with Crippen molar-refractivity contribution in [2.45, 2.75) is 11.7 Å². The lowest BCUT2D eigenvalue weighted by Gasteiger charge is -2.28. The van der Waals surface area contributed by atoms with Crippen molar-refractivity contribution in [3.05, 3.63) is 94.8 Å². The molecule has 1 N–H and O–H groups in total. The van der Waals surface area contributed by atoms with Gasteiger partial charge in [0.25, 0.3) is 0 Å². The molecule has 0 spiro atoms. The van der Waals surface area contributed by atoms with Crippen molar-refractivity contribution >= 4 is 28.7 Å². The fourth-order valence-corrected chi connectivity index (χ4v) is 3.89. The highest BCUT2D eigenvalue weighted by atomic mass is 32.2. The number of benzene rings is 2. The van der Waals surface area contributed by atoms with Gasteiger partial charge < -0.3 is 14.1 Å². The summed E-state index contributed by atoms with van der Waals surface area (Å²) in [6.45, 7) is 0. The molecule has 2 aromatic carbocycles. The van der Waals surface area contributed by atoms with E-state index < -0.39 is 28.8 Å². The lowest BCUT2D eigenvalue weighted by Crippen LogP contribution is -2.16. The minimum absolute atomic E-state index is 0.0278. The van der Waals surface area contributed by atoms with E-state index in [-0.39, 0.29) is 11.5 Å². The molecular weight excluding hydrogens is 412 g/mol. The molecule has 8 heteroatoms. The van der Waals surface area contributed by atoms with Crippen LogP contribution in [0.15, 0.2) is 60.8 Å². The Balaban J connectivity index is 1.90. The molecule has 5 nitrogen and oxygen atoms in total. The number of carbonyl (C=O) groups is 1. The Morgan fingerprint density at radius 2 is 1.80 bits per heavy atom. The summed E-state index contributed by atoms with van der Waals surface area (Å²) in [5, 5.41) is 0. The maximum atomic E-state index is 13.8. The van der Waals surface area contributed by atoms with Gasteiger partial charge in [0.2, 0.25) is 5.95 Å². The standard InChI is InChI=1S/C22H15F2NO4S/c23-16-6-7-17-18(11-26)21(15-5-8-20(24)25-10-15)22(29-19(17)9-16)14-3-1-13(2-4-14)12-30(27)28/h1-11,18H,12H2,(H,27,28). The number of halogens is 2. The van der Waals surface area contributed by atoms with E-state index in [0.29, 0.717) is 33.6 Å². The summed E-state index contributed by atoms with van der Waals surface area (Å²) in [5.74, 6) is -1.47. The van der Waals surface area contributed by atoms with Crippen molar-refractivity contribution in [1.29, 1.82) is 0 Å². The SMILES string of the molecule is O=CC1C(c2ccc(F)nc2)=C(c2ccc(CS(=O)O)cc2)Oc2cc(F)ccc21. The molecule has 2 unspecified atom stereocenters. The van der Waals surface area contributed by atoms with Crippen molar-refractivity contribution in [3.63, 3.8) is 0 Å². The first kappa shape index (κ1) is 20.1. The van der Waals surface area contributed by atoms with Crippen LogP contribution in [0, 0.1) is 11.8 Å². The number of pyridine rings is 1. The first-order valence-electron chi connectivity index (χ1n) is 8.91. The van der Waals surface area contributed by atoms with E-state index in [2.05, 4.69) is 4.98 Å². The van der Waals surface area contributed by atoms with Gasteiger partial charge in [0.1, 0.15) is 23.6 Å². The number of allylic oxidation sites excluding steroid dienone is 1. The van der Waals surface area contributed by atoms with E-state index in [1.807, 2.05) is 0 Å². The predicted octanol–water partition coefficient (Wildman–Crippen LogP) is 4.32. The average Bonchev–Trinajstić information content (AvgIpc) is 2.73. The van der Waals surface area contributed by atoms with Crippen LogP contribution in [0.1, 0.15) is 28.2 Å². The predicted molar refractivity (Wildman–Crippen MR) is 108 cm³/mol. The second-order valence-corrected chi connectivity index (χ2v) is 7.60. The van der Waals surface area contributed by atoms with Crippen LogP contribution in [0.4, 0.5) is 8.78 Å². The third kappa shape index (κ3) is 3.92. The topological polar surface area (TPSA) is 76.5 Å². The average molecular weight is 427 g/mol. The minimum atomic E-state index is -1.98. The molecule has 0 aliphatic carbocycles. The summed E-state index contributed by atoms with van der Waals surface area (Å²) in [5.41, 5.74) is 2.65. The maximum Gasteiger partial charge on any atom is 0.212 e. The fourth-order valence-electron chi connectivity index (χ4n) is 3.41. The molecule has 1 aromatic heterocycles. The third-order valence-corrected chi connectivity index (χ3v) is 5.34. The van der Waals surface area contributed by atoms with Crippen LogP contribution in [0.25, 0.3) is 11.3 Å². The van der Waals surface area contributed by atoms with Gasteiger partial charge in [0, 0.05) is 34.5 Å². The van der Waals surface area contributed by atoms with Crippen LogP contribution in [-0.2, 0) is 21.6 Å². The van der Waals surface area contributed by atoms with Crippen molar-refractivity contribution in [1.82, 2.24) is 4.98 Å². The van der Waals surface area contributed by atoms with Crippen LogP contribution in [0.3, 0.4) is 0 Å². The van der Waals surface area contributed by atoms with Gasteiger partial charge in [0.05, 0.1) is 11.7 Å². The Hall–Kier alpha value is -3.23. The highest BCUT2D eigenvalue weighted by molar-refractivity contribution is 7.78. The Labute approximate surface area is 173 Å². The Bertz CT molecular complexity index is 1160. The molecule has 3 aromatic rings. The zero-order valence-corrected chi connectivity index (χ0v) is 16.2. The number of carbonyl (C=O) groups excluding carboxylic acids is 1. The normalized spacial score (nSPS) is 16.6. The van der Waals surface area contributed by atoms with E-state index in [9.17, 15) is 17.8 Å². The summed E-state index contributed by atoms with van der Waals surface area (Å²) in [6, 6.07) is 13.3. The molecule has 4 rings (SSSR count). The molecule has 0 fully saturated rings. The third-order valence-electron chi connectivity index (χ3n) is 4.76. The quantitative estimate of drug-likeness (QED) is 0.373. The summed E-state index contributed by atoms with van der Waals surface area (Å²) >= 11 is -1.98. The number of aromatic nitrogens is 1. The number of fused-ring (bicyclic) bond motifs is 1. The number of nitrogens with zero attached hydrogens (tertiary/aromatic N) is 1. The Morgan fingerprint density at radius 1 is 1.07 bits per heavy atom. The number of ether oxygens (including phenoxy) is 1. The monoisotopic (exact) mass is 427 g/mol. The van der Waals surface area contributed by atoms with Gasteiger partial charge in [-0.15, -0.1) is 0 Å². The molecule has 1 aliphatic heterocycles. The van der Waals surface area contributed by atoms with Gasteiger partial charge in [0.15, 0.2) is 11.1 Å². The molecule has 152 valence electrons. The van der Waals surface area contributed by atoms with Crippen molar-refractivity contribution in [2.24, 2.45) is 0 Å². The molecule has 0 bridgehead atoms. The van der Waals surface area contributed by atoms with Crippen molar-refractivity contribution in [3.8, 4) is 5.75 Å². The fraction of sp³-hybridized carbons (Fsp3) is 0.0909. The molecule has 0 saturated carbocycles. The van der Waals surface area contributed by atoms with Crippen molar-refractivity contribution < 1.29 is 27.1 Å². The lowest BCUT2D eigenvalue weighted by molar-refractivity contribution is -0.108. The van der Waals surface area contributed by atoms with Crippen LogP contribution in [0.5, 0.6) is 5.75 Å². The smallest absolute Gasteiger partial charge is 0.212 e. The van der Waals surface area contributed by atoms with Gasteiger partial charge in [-0.1, -0.05) is 30.3 Å². The molecular formula is C22H15F2NO4S. The second kappa shape index (κ2) is 8.25. The summed E-state index contributed by atoms with van der Waals surface area (Å²) in [7, 11) is 0. The Kier molecular flexibility index (Phi) is 5.52. The molecule has 1 aliphatic rings. The summed E-state index contributed by atoms with van der Waals surface area (Å²) in [4.78, 5) is 15.7. The first-order valence-corrected chi connectivity index (χ1v) is 10.2. The van der Waals surface area contributed by atoms with E-state index in [1.165, 1.54) is 36.5 Å². The van der Waals surface area contributed by atoms with E-state index in [1.54, 1.807) is 24.3 Å². The van der Waals surface area contributed by atoms with Gasteiger partial charge in [-0.25, -0.2) is 13.6 Å². The largest absolute Gasteiger partial charge is 0.456 e. The van der Waals surface area contributed by atoms with E-state index in [4.69, 9.17) is 9.29 Å². The number of rotatable bonds is 5. The van der Waals surface area contributed by atoms with Crippen LogP contribution < -0.4 is 4.74 Å². The van der Waals surface area contributed by atoms with E-state index >= 15 is 0 Å². The number of aldehydes is 1. The maximum absolute atomic E-state index is 13.8. The molecule has 30 heavy (non-hydrogen) atoms. The molecule has 0 radical (unpaired) electrons. The molecule has 2 atom stereocenters. The number of hydrogen-bond acceptors (Lipinski definition) is 4. The highest BCUT2D eigenvalue weighted by Gasteiger charge is 2.32. The lowest BCUT2D eigenvalue weighted by atomic mass is 9.84. The number of hydrogen-bond donors (Lipinski definition) is 1. The van der Waals surface area contributed by atoms with Crippen LogP contribution >= 0.6 is 0 Å². The van der Waals surface area contributed by atoms with Gasteiger partial charge >= 0.3 is 0 Å². The zero-order chi connectivity index (χ0) is 21.3. The summed E-state index contributed by atoms with van der Waals surface area (Å²) < 4.78 is 53.3. The zero-order valence-electron chi connectivity index (χ0n) is 15.4. The second-order valence-electron chi connectivity index (χ2n) is 6.67. The van der Waals surface area contributed by atoms with Gasteiger partial charge in [-0.05, 0) is 23.8 Å². The van der Waals surface area contributed by atoms with Gasteiger partial charge in [-0.2, -0.15) is 4.39 Å². The van der Waals surface area contributed by atoms with Crippen LogP contribution in [-0.4, -0.2) is 20.0 Å². The van der Waals surface area contributed by atoms with E-state index in [0.717, 1.165) is 6.29 Å². The molecule has 0 saturated heterocycles. The highest BCUT2D eigenvalue weighted by Crippen LogP contribution is 2.46. The van der Waals surface area contributed by atoms with Crippen molar-refractivity contribution in [2.75, 3.05) is 0 Å². The molecule has 0 amide bonds. The first-order chi connectivity index (χ1) is 14.5. The molecule has 2 heterocycles.